The predicted octanol–water partition coefficient (Wildman–Crippen LogP) is 4.54. The number of rotatable bonds is 7. The van der Waals surface area contributed by atoms with Gasteiger partial charge in [0.2, 0.25) is 0 Å². The molecule has 0 spiro atoms. The molecule has 0 aliphatic carbocycles. The fourth-order valence-corrected chi connectivity index (χ4v) is 3.01. The highest BCUT2D eigenvalue weighted by Crippen LogP contribution is 2.31. The second kappa shape index (κ2) is 9.64. The zero-order valence-electron chi connectivity index (χ0n) is 17.5. The van der Waals surface area contributed by atoms with E-state index in [9.17, 15) is 0 Å². The molecule has 0 aliphatic rings. The molecule has 2 aromatic rings. The van der Waals surface area contributed by atoms with Gasteiger partial charge in [0, 0.05) is 6.54 Å². The van der Waals surface area contributed by atoms with Crippen molar-refractivity contribution in [2.75, 3.05) is 33.2 Å². The molecule has 0 saturated heterocycles. The van der Waals surface area contributed by atoms with Crippen LogP contribution in [0.2, 0.25) is 0 Å². The Labute approximate surface area is 173 Å². The standard InChI is InChI=1S/C22H30N2O3S/c1-22(2,3)16-8-10-18(25-4)17(14-16)24-21(28)23-12-11-15-7-9-19(26-5)20(13-15)27-6/h7-10,13-14H,11-12H2,1-6H3,(H2,23,24,28). The van der Waals surface area contributed by atoms with Crippen LogP contribution in [0, 0.1) is 0 Å². The molecule has 0 amide bonds. The average Bonchev–Trinajstić information content (AvgIpc) is 2.67. The van der Waals surface area contributed by atoms with Crippen molar-refractivity contribution in [1.29, 1.82) is 0 Å². The molecule has 0 bridgehead atoms. The highest BCUT2D eigenvalue weighted by molar-refractivity contribution is 7.80. The lowest BCUT2D eigenvalue weighted by molar-refractivity contribution is 0.354. The van der Waals surface area contributed by atoms with Crippen molar-refractivity contribution in [3.8, 4) is 17.2 Å². The summed E-state index contributed by atoms with van der Waals surface area (Å²) in [5, 5.41) is 7.06. The number of hydrogen-bond donors (Lipinski definition) is 2. The van der Waals surface area contributed by atoms with Crippen LogP contribution in [-0.4, -0.2) is 33.0 Å². The van der Waals surface area contributed by atoms with Crippen LogP contribution in [-0.2, 0) is 11.8 Å². The third kappa shape index (κ3) is 5.76. The first kappa shape index (κ1) is 21.8. The topological polar surface area (TPSA) is 51.8 Å². The first-order valence-electron chi connectivity index (χ1n) is 9.22. The molecule has 0 unspecified atom stereocenters. The number of thiocarbonyl (C=S) groups is 1. The van der Waals surface area contributed by atoms with Gasteiger partial charge in [-0.25, -0.2) is 0 Å². The molecule has 0 atom stereocenters. The zero-order valence-corrected chi connectivity index (χ0v) is 18.3. The van der Waals surface area contributed by atoms with Crippen molar-refractivity contribution >= 4 is 23.0 Å². The minimum Gasteiger partial charge on any atom is -0.495 e. The Morgan fingerprint density at radius 1 is 0.893 bits per heavy atom. The summed E-state index contributed by atoms with van der Waals surface area (Å²) in [6.45, 7) is 7.23. The van der Waals surface area contributed by atoms with Gasteiger partial charge in [0.1, 0.15) is 5.75 Å². The molecule has 6 heteroatoms. The summed E-state index contributed by atoms with van der Waals surface area (Å²) in [7, 11) is 4.93. The smallest absolute Gasteiger partial charge is 0.170 e. The third-order valence-corrected chi connectivity index (χ3v) is 4.71. The van der Waals surface area contributed by atoms with Gasteiger partial charge in [-0.3, -0.25) is 0 Å². The number of benzene rings is 2. The molecule has 0 heterocycles. The summed E-state index contributed by atoms with van der Waals surface area (Å²) in [5.74, 6) is 2.21. The quantitative estimate of drug-likeness (QED) is 0.663. The molecule has 2 N–H and O–H groups in total. The van der Waals surface area contributed by atoms with E-state index in [0.717, 1.165) is 34.9 Å². The molecular formula is C22H30N2O3S. The molecule has 2 aromatic carbocycles. The Bertz CT molecular complexity index is 816. The molecule has 0 aliphatic heterocycles. The Morgan fingerprint density at radius 2 is 1.54 bits per heavy atom. The van der Waals surface area contributed by atoms with E-state index >= 15 is 0 Å². The first-order chi connectivity index (χ1) is 13.3. The van der Waals surface area contributed by atoms with E-state index in [1.807, 2.05) is 24.3 Å². The highest BCUT2D eigenvalue weighted by Gasteiger charge is 2.16. The van der Waals surface area contributed by atoms with Gasteiger partial charge < -0.3 is 24.8 Å². The summed E-state index contributed by atoms with van der Waals surface area (Å²) in [4.78, 5) is 0. The van der Waals surface area contributed by atoms with Crippen LogP contribution in [0.15, 0.2) is 36.4 Å². The van der Waals surface area contributed by atoms with Gasteiger partial charge in [-0.2, -0.15) is 0 Å². The predicted molar refractivity (Wildman–Crippen MR) is 119 cm³/mol. The first-order valence-corrected chi connectivity index (χ1v) is 9.63. The number of nitrogens with one attached hydrogen (secondary N) is 2. The lowest BCUT2D eigenvalue weighted by Crippen LogP contribution is -2.30. The SMILES string of the molecule is COc1ccc(C(C)(C)C)cc1NC(=S)NCCc1ccc(OC)c(OC)c1. The zero-order chi connectivity index (χ0) is 20.7. The second-order valence-electron chi connectivity index (χ2n) is 7.49. The molecule has 0 fully saturated rings. The van der Waals surface area contributed by atoms with Gasteiger partial charge in [-0.15, -0.1) is 0 Å². The van der Waals surface area contributed by atoms with Crippen molar-refractivity contribution < 1.29 is 14.2 Å². The highest BCUT2D eigenvalue weighted by atomic mass is 32.1. The van der Waals surface area contributed by atoms with Gasteiger partial charge in [-0.1, -0.05) is 32.9 Å². The summed E-state index contributed by atoms with van der Waals surface area (Å²) >= 11 is 5.46. The van der Waals surface area contributed by atoms with Crippen molar-refractivity contribution in [2.45, 2.75) is 32.6 Å². The number of hydrogen-bond acceptors (Lipinski definition) is 4. The minimum absolute atomic E-state index is 0.0468. The molecule has 5 nitrogen and oxygen atoms in total. The van der Waals surface area contributed by atoms with Crippen LogP contribution < -0.4 is 24.8 Å². The van der Waals surface area contributed by atoms with Crippen LogP contribution in [0.4, 0.5) is 5.69 Å². The Morgan fingerprint density at radius 3 is 2.14 bits per heavy atom. The van der Waals surface area contributed by atoms with Gasteiger partial charge in [0.15, 0.2) is 16.6 Å². The van der Waals surface area contributed by atoms with E-state index in [2.05, 4.69) is 43.5 Å². The van der Waals surface area contributed by atoms with Crippen LogP contribution in [0.3, 0.4) is 0 Å². The molecule has 0 aromatic heterocycles. The second-order valence-corrected chi connectivity index (χ2v) is 7.89. The number of ether oxygens (including phenoxy) is 3. The average molecular weight is 403 g/mol. The maximum atomic E-state index is 5.46. The summed E-state index contributed by atoms with van der Waals surface area (Å²) in [6, 6.07) is 12.0. The summed E-state index contributed by atoms with van der Waals surface area (Å²) in [6.07, 6.45) is 0.807. The van der Waals surface area contributed by atoms with Crippen molar-refractivity contribution in [2.24, 2.45) is 0 Å². The largest absolute Gasteiger partial charge is 0.495 e. The lowest BCUT2D eigenvalue weighted by atomic mass is 9.87. The maximum absolute atomic E-state index is 5.46. The fourth-order valence-electron chi connectivity index (χ4n) is 2.80. The Hall–Kier alpha value is -2.47. The summed E-state index contributed by atoms with van der Waals surface area (Å²) < 4.78 is 16.1. The molecule has 152 valence electrons. The molecular weight excluding hydrogens is 372 g/mol. The normalized spacial score (nSPS) is 10.9. The minimum atomic E-state index is 0.0468. The van der Waals surface area contributed by atoms with E-state index in [4.69, 9.17) is 26.4 Å². The Balaban J connectivity index is 1.97. The van der Waals surface area contributed by atoms with E-state index in [1.165, 1.54) is 5.56 Å². The van der Waals surface area contributed by atoms with Crippen molar-refractivity contribution in [3.63, 3.8) is 0 Å². The van der Waals surface area contributed by atoms with Crippen molar-refractivity contribution in [3.05, 3.63) is 47.5 Å². The van der Waals surface area contributed by atoms with Crippen molar-refractivity contribution in [1.82, 2.24) is 5.32 Å². The molecule has 0 saturated carbocycles. The van der Waals surface area contributed by atoms with Gasteiger partial charge >= 0.3 is 0 Å². The van der Waals surface area contributed by atoms with Crippen LogP contribution in [0.5, 0.6) is 17.2 Å². The van der Waals surface area contributed by atoms with E-state index < -0.39 is 0 Å². The maximum Gasteiger partial charge on any atom is 0.170 e. The van der Waals surface area contributed by atoms with E-state index in [1.54, 1.807) is 21.3 Å². The molecule has 2 rings (SSSR count). The van der Waals surface area contributed by atoms with Gasteiger partial charge in [0.25, 0.3) is 0 Å². The third-order valence-electron chi connectivity index (χ3n) is 4.46. The Kier molecular flexibility index (Phi) is 7.52. The molecule has 28 heavy (non-hydrogen) atoms. The van der Waals surface area contributed by atoms with Gasteiger partial charge in [0.05, 0.1) is 27.0 Å². The summed E-state index contributed by atoms with van der Waals surface area (Å²) in [5.41, 5.74) is 3.26. The number of anilines is 1. The van der Waals surface area contributed by atoms with Crippen LogP contribution in [0.25, 0.3) is 0 Å². The fraction of sp³-hybridized carbons (Fsp3) is 0.409. The van der Waals surface area contributed by atoms with Crippen LogP contribution in [0.1, 0.15) is 31.9 Å². The number of methoxy groups -OCH3 is 3. The van der Waals surface area contributed by atoms with E-state index in [-0.39, 0.29) is 5.41 Å². The van der Waals surface area contributed by atoms with Crippen LogP contribution >= 0.6 is 12.2 Å². The lowest BCUT2D eigenvalue weighted by Gasteiger charge is -2.22. The monoisotopic (exact) mass is 402 g/mol. The van der Waals surface area contributed by atoms with Gasteiger partial charge in [-0.05, 0) is 59.4 Å². The van der Waals surface area contributed by atoms with E-state index in [0.29, 0.717) is 11.7 Å². The molecule has 0 radical (unpaired) electrons.